The summed E-state index contributed by atoms with van der Waals surface area (Å²) in [5.74, 6) is 0. The van der Waals surface area contributed by atoms with Gasteiger partial charge in [-0.2, -0.15) is 5.10 Å². The molecular formula is C12H8N4O3. The number of nitro groups is 1. The number of benzene rings is 1. The van der Waals surface area contributed by atoms with Gasteiger partial charge in [0.15, 0.2) is 0 Å². The third-order valence-electron chi connectivity index (χ3n) is 2.77. The van der Waals surface area contributed by atoms with E-state index in [2.05, 4.69) is 10.1 Å². The topological polar surface area (TPSA) is 93.3 Å². The number of nitrogens with zero attached hydrogens (tertiary/aromatic N) is 3. The lowest BCUT2D eigenvalue weighted by Gasteiger charge is -1.95. The maximum atomic E-state index is 11.6. The summed E-state index contributed by atoms with van der Waals surface area (Å²) >= 11 is 0. The third-order valence-corrected chi connectivity index (χ3v) is 2.77. The van der Waals surface area contributed by atoms with Crippen molar-refractivity contribution in [1.29, 1.82) is 0 Å². The number of fused-ring (bicyclic) bond motifs is 1. The van der Waals surface area contributed by atoms with Crippen LogP contribution in [0.3, 0.4) is 0 Å². The molecule has 0 aliphatic heterocycles. The minimum Gasteiger partial charge on any atom is -0.326 e. The second-order valence-electron chi connectivity index (χ2n) is 3.95. The molecule has 3 rings (SSSR count). The van der Waals surface area contributed by atoms with Gasteiger partial charge in [-0.3, -0.25) is 14.9 Å². The molecule has 0 aliphatic carbocycles. The molecule has 7 heteroatoms. The maximum absolute atomic E-state index is 11.6. The zero-order chi connectivity index (χ0) is 13.4. The van der Waals surface area contributed by atoms with Gasteiger partial charge in [0, 0.05) is 30.1 Å². The van der Waals surface area contributed by atoms with Crippen LogP contribution in [0.15, 0.2) is 47.5 Å². The number of aromatic nitrogens is 3. The molecule has 2 heterocycles. The minimum atomic E-state index is -0.460. The summed E-state index contributed by atoms with van der Waals surface area (Å²) in [4.78, 5) is 24.2. The van der Waals surface area contributed by atoms with Crippen molar-refractivity contribution >= 4 is 11.2 Å². The van der Waals surface area contributed by atoms with Crippen molar-refractivity contribution in [2.45, 2.75) is 0 Å². The Morgan fingerprint density at radius 1 is 1.26 bits per heavy atom. The van der Waals surface area contributed by atoms with Gasteiger partial charge in [-0.15, -0.1) is 0 Å². The second kappa shape index (κ2) is 4.05. The molecule has 94 valence electrons. The molecule has 0 spiro atoms. The van der Waals surface area contributed by atoms with E-state index in [1.54, 1.807) is 24.4 Å². The first-order valence-electron chi connectivity index (χ1n) is 5.47. The molecule has 0 saturated heterocycles. The molecule has 0 fully saturated rings. The fraction of sp³-hybridized carbons (Fsp3) is 0. The van der Waals surface area contributed by atoms with Crippen LogP contribution in [-0.4, -0.2) is 19.5 Å². The number of non-ortho nitro benzene ring substituents is 1. The van der Waals surface area contributed by atoms with E-state index in [0.717, 1.165) is 0 Å². The zero-order valence-electron chi connectivity index (χ0n) is 9.61. The van der Waals surface area contributed by atoms with E-state index < -0.39 is 4.92 Å². The molecule has 0 bridgehead atoms. The summed E-state index contributed by atoms with van der Waals surface area (Å²) in [6, 6.07) is 7.66. The van der Waals surface area contributed by atoms with Crippen LogP contribution in [0.25, 0.3) is 16.8 Å². The van der Waals surface area contributed by atoms with Crippen LogP contribution < -0.4 is 5.56 Å². The van der Waals surface area contributed by atoms with Crippen molar-refractivity contribution in [3.05, 3.63) is 63.2 Å². The van der Waals surface area contributed by atoms with E-state index in [0.29, 0.717) is 16.8 Å². The van der Waals surface area contributed by atoms with Crippen LogP contribution in [-0.2, 0) is 0 Å². The Bertz CT molecular complexity index is 817. The second-order valence-corrected chi connectivity index (χ2v) is 3.95. The zero-order valence-corrected chi connectivity index (χ0v) is 9.61. The van der Waals surface area contributed by atoms with Crippen LogP contribution in [0.1, 0.15) is 0 Å². The Balaban J connectivity index is 2.11. The van der Waals surface area contributed by atoms with Crippen molar-refractivity contribution in [2.24, 2.45) is 0 Å². The molecule has 0 aliphatic rings. The highest BCUT2D eigenvalue weighted by Gasteiger charge is 2.09. The fourth-order valence-corrected chi connectivity index (χ4v) is 1.83. The Morgan fingerprint density at radius 2 is 2.00 bits per heavy atom. The molecule has 3 aromatic rings. The van der Waals surface area contributed by atoms with Gasteiger partial charge in [0.1, 0.15) is 5.52 Å². The van der Waals surface area contributed by atoms with E-state index in [9.17, 15) is 14.9 Å². The Morgan fingerprint density at radius 3 is 2.63 bits per heavy atom. The summed E-state index contributed by atoms with van der Waals surface area (Å²) in [5.41, 5.74) is 1.52. The lowest BCUT2D eigenvalue weighted by Crippen LogP contribution is -2.07. The standard InChI is InChI=1S/C12H8N4O3/c17-12-11-7-10(14-15(11)6-5-13-12)8-1-3-9(4-2-8)16(18)19/h1-7H,(H,13,17). The molecule has 0 atom stereocenters. The molecule has 0 amide bonds. The van der Waals surface area contributed by atoms with Crippen molar-refractivity contribution in [3.8, 4) is 11.3 Å². The SMILES string of the molecule is O=c1[nH]ccn2nc(-c3ccc([N+](=O)[O-])cc3)cc12. The van der Waals surface area contributed by atoms with Crippen molar-refractivity contribution in [2.75, 3.05) is 0 Å². The van der Waals surface area contributed by atoms with Crippen LogP contribution in [0.5, 0.6) is 0 Å². The van der Waals surface area contributed by atoms with Crippen LogP contribution in [0, 0.1) is 10.1 Å². The van der Waals surface area contributed by atoms with E-state index in [1.807, 2.05) is 0 Å². The molecule has 19 heavy (non-hydrogen) atoms. The first-order valence-corrected chi connectivity index (χ1v) is 5.47. The van der Waals surface area contributed by atoms with Gasteiger partial charge in [-0.1, -0.05) is 0 Å². The molecule has 0 radical (unpaired) electrons. The van der Waals surface area contributed by atoms with Gasteiger partial charge in [0.25, 0.3) is 11.2 Å². The Hall–Kier alpha value is -2.96. The number of nitro benzene ring substituents is 1. The Kier molecular flexibility index (Phi) is 2.38. The van der Waals surface area contributed by atoms with Crippen molar-refractivity contribution in [3.63, 3.8) is 0 Å². The highest BCUT2D eigenvalue weighted by molar-refractivity contribution is 5.66. The van der Waals surface area contributed by atoms with E-state index in [-0.39, 0.29) is 11.2 Å². The number of hydrogen-bond donors (Lipinski definition) is 1. The summed E-state index contributed by atoms with van der Waals surface area (Å²) in [5, 5.41) is 14.8. The summed E-state index contributed by atoms with van der Waals surface area (Å²) in [6.07, 6.45) is 3.13. The number of aromatic amines is 1. The summed E-state index contributed by atoms with van der Waals surface area (Å²) in [7, 11) is 0. The van der Waals surface area contributed by atoms with E-state index in [1.165, 1.54) is 22.8 Å². The highest BCUT2D eigenvalue weighted by atomic mass is 16.6. The maximum Gasteiger partial charge on any atom is 0.273 e. The molecule has 1 N–H and O–H groups in total. The number of H-pyrrole nitrogens is 1. The van der Waals surface area contributed by atoms with Gasteiger partial charge in [0.05, 0.1) is 10.6 Å². The minimum absolute atomic E-state index is 0.0189. The van der Waals surface area contributed by atoms with Gasteiger partial charge >= 0.3 is 0 Å². The van der Waals surface area contributed by atoms with Crippen LogP contribution in [0.2, 0.25) is 0 Å². The molecule has 7 nitrogen and oxygen atoms in total. The predicted molar refractivity (Wildman–Crippen MR) is 67.9 cm³/mol. The molecule has 2 aromatic heterocycles. The smallest absolute Gasteiger partial charge is 0.273 e. The van der Waals surface area contributed by atoms with Gasteiger partial charge in [-0.05, 0) is 18.2 Å². The average molecular weight is 256 g/mol. The fourth-order valence-electron chi connectivity index (χ4n) is 1.83. The van der Waals surface area contributed by atoms with Crippen molar-refractivity contribution < 1.29 is 4.92 Å². The first-order chi connectivity index (χ1) is 9.15. The summed E-state index contributed by atoms with van der Waals surface area (Å²) in [6.45, 7) is 0. The number of hydrogen-bond acceptors (Lipinski definition) is 4. The molecule has 1 aromatic carbocycles. The highest BCUT2D eigenvalue weighted by Crippen LogP contribution is 2.21. The quantitative estimate of drug-likeness (QED) is 0.556. The van der Waals surface area contributed by atoms with Crippen LogP contribution >= 0.6 is 0 Å². The lowest BCUT2D eigenvalue weighted by molar-refractivity contribution is -0.384. The van der Waals surface area contributed by atoms with Crippen molar-refractivity contribution in [1.82, 2.24) is 14.6 Å². The Labute approximate surface area is 106 Å². The average Bonchev–Trinajstić information content (AvgIpc) is 2.84. The van der Waals surface area contributed by atoms with Gasteiger partial charge in [-0.25, -0.2) is 4.52 Å². The van der Waals surface area contributed by atoms with E-state index in [4.69, 9.17) is 0 Å². The monoisotopic (exact) mass is 256 g/mol. The molecule has 0 unspecified atom stereocenters. The largest absolute Gasteiger partial charge is 0.326 e. The normalized spacial score (nSPS) is 10.7. The number of nitrogens with one attached hydrogen (secondary N) is 1. The molecule has 0 saturated carbocycles. The summed E-state index contributed by atoms with van der Waals surface area (Å²) < 4.78 is 1.47. The predicted octanol–water partition coefficient (Wildman–Crippen LogP) is 1.60. The lowest BCUT2D eigenvalue weighted by atomic mass is 10.1. The first kappa shape index (κ1) is 11.1. The van der Waals surface area contributed by atoms with Crippen LogP contribution in [0.4, 0.5) is 5.69 Å². The van der Waals surface area contributed by atoms with Gasteiger partial charge in [0.2, 0.25) is 0 Å². The number of rotatable bonds is 2. The van der Waals surface area contributed by atoms with E-state index >= 15 is 0 Å². The van der Waals surface area contributed by atoms with Gasteiger partial charge < -0.3 is 4.98 Å². The molecular weight excluding hydrogens is 248 g/mol. The third kappa shape index (κ3) is 1.86.